The minimum absolute atomic E-state index is 0.0504. The van der Waals surface area contributed by atoms with E-state index in [4.69, 9.17) is 21.6 Å². The second kappa shape index (κ2) is 10.1. The smallest absolute Gasteiger partial charge is 0.229 e. The van der Waals surface area contributed by atoms with E-state index < -0.39 is 5.82 Å². The maximum Gasteiger partial charge on any atom is 0.229 e. The van der Waals surface area contributed by atoms with E-state index in [9.17, 15) is 4.39 Å². The first-order valence-electron chi connectivity index (χ1n) is 11.4. The summed E-state index contributed by atoms with van der Waals surface area (Å²) in [4.78, 5) is 13.3. The summed E-state index contributed by atoms with van der Waals surface area (Å²) < 4.78 is 13.7. The molecule has 1 aliphatic heterocycles. The van der Waals surface area contributed by atoms with Gasteiger partial charge < -0.3 is 20.9 Å². The predicted molar refractivity (Wildman–Crippen MR) is 140 cm³/mol. The Kier molecular flexibility index (Phi) is 6.80. The highest BCUT2D eigenvalue weighted by Crippen LogP contribution is 2.34. The van der Waals surface area contributed by atoms with Gasteiger partial charge in [-0.05, 0) is 48.2 Å². The molecule has 9 heteroatoms. The highest BCUT2D eigenvalue weighted by atomic mass is 35.5. The quantitative estimate of drug-likeness (QED) is 0.283. The lowest BCUT2D eigenvalue weighted by molar-refractivity contribution is 0.590. The zero-order chi connectivity index (χ0) is 23.5. The number of thiophene rings is 1. The van der Waals surface area contributed by atoms with Gasteiger partial charge in [0.2, 0.25) is 5.95 Å². The van der Waals surface area contributed by atoms with Gasteiger partial charge in [0.25, 0.3) is 0 Å². The molecule has 0 radical (unpaired) electrons. The van der Waals surface area contributed by atoms with Crippen LogP contribution in [0.25, 0.3) is 10.9 Å². The van der Waals surface area contributed by atoms with Crippen molar-refractivity contribution >= 4 is 57.0 Å². The van der Waals surface area contributed by atoms with Gasteiger partial charge in [-0.1, -0.05) is 30.7 Å². The number of nitrogens with zero attached hydrogens (tertiary/aromatic N) is 3. The number of nitrogens with one attached hydrogen (secondary N) is 3. The van der Waals surface area contributed by atoms with Crippen molar-refractivity contribution in [3.8, 4) is 0 Å². The van der Waals surface area contributed by atoms with Crippen LogP contribution in [0.3, 0.4) is 0 Å². The lowest BCUT2D eigenvalue weighted by Crippen LogP contribution is -2.43. The number of rotatable bonds is 7. The van der Waals surface area contributed by atoms with Crippen molar-refractivity contribution in [3.05, 3.63) is 69.6 Å². The molecule has 0 saturated carbocycles. The maximum atomic E-state index is 13.7. The van der Waals surface area contributed by atoms with Crippen molar-refractivity contribution in [1.82, 2.24) is 15.3 Å². The van der Waals surface area contributed by atoms with Crippen molar-refractivity contribution in [2.75, 3.05) is 41.7 Å². The molecule has 1 atom stereocenters. The number of anilines is 4. The third-order valence-electron chi connectivity index (χ3n) is 5.94. The summed E-state index contributed by atoms with van der Waals surface area (Å²) in [5, 5.41) is 13.4. The van der Waals surface area contributed by atoms with Crippen LogP contribution < -0.4 is 20.9 Å². The molecule has 1 aliphatic rings. The van der Waals surface area contributed by atoms with Crippen LogP contribution in [0, 0.1) is 5.82 Å². The van der Waals surface area contributed by atoms with Gasteiger partial charge in [0.05, 0.1) is 16.8 Å². The fourth-order valence-corrected chi connectivity index (χ4v) is 5.24. The fourth-order valence-electron chi connectivity index (χ4n) is 4.20. The maximum absolute atomic E-state index is 13.7. The van der Waals surface area contributed by atoms with Crippen LogP contribution in [0.5, 0.6) is 0 Å². The monoisotopic (exact) mass is 496 g/mol. The molecular formula is C25H26ClFN6S. The van der Waals surface area contributed by atoms with Crippen molar-refractivity contribution in [3.63, 3.8) is 0 Å². The Balaban J connectivity index is 1.60. The van der Waals surface area contributed by atoms with Gasteiger partial charge in [0, 0.05) is 42.1 Å². The lowest BCUT2D eigenvalue weighted by atomic mass is 10.1. The number of aromatic nitrogens is 2. The van der Waals surface area contributed by atoms with Gasteiger partial charge in [-0.25, -0.2) is 9.37 Å². The second-order valence-electron chi connectivity index (χ2n) is 8.18. The molecule has 0 bridgehead atoms. The Morgan fingerprint density at radius 2 is 2.00 bits per heavy atom. The van der Waals surface area contributed by atoms with Crippen molar-refractivity contribution in [2.24, 2.45) is 0 Å². The summed E-state index contributed by atoms with van der Waals surface area (Å²) in [5.41, 5.74) is 2.58. The SMILES string of the molecule is CC[C@@H](Nc1nc(Nc2ccc(F)c(Cl)c2)nc2c(N3CCNCC3)cccc12)c1cccs1. The molecule has 2 aromatic heterocycles. The summed E-state index contributed by atoms with van der Waals surface area (Å²) in [6.07, 6.45) is 0.916. The third kappa shape index (κ3) is 4.80. The largest absolute Gasteiger partial charge is 0.367 e. The number of fused-ring (bicyclic) bond motifs is 1. The first kappa shape index (κ1) is 22.8. The molecule has 0 spiro atoms. The molecule has 0 aliphatic carbocycles. The van der Waals surface area contributed by atoms with Crippen molar-refractivity contribution < 1.29 is 4.39 Å². The number of para-hydroxylation sites is 1. The van der Waals surface area contributed by atoms with Crippen LogP contribution in [-0.2, 0) is 0 Å². The normalized spacial score (nSPS) is 14.9. The second-order valence-corrected chi connectivity index (χ2v) is 9.57. The molecule has 1 fully saturated rings. The van der Waals surface area contributed by atoms with Crippen LogP contribution in [0.1, 0.15) is 24.3 Å². The number of hydrogen-bond donors (Lipinski definition) is 3. The van der Waals surface area contributed by atoms with Gasteiger partial charge in [0.1, 0.15) is 17.2 Å². The van der Waals surface area contributed by atoms with Gasteiger partial charge in [-0.3, -0.25) is 0 Å². The highest BCUT2D eigenvalue weighted by Gasteiger charge is 2.19. The average Bonchev–Trinajstić information content (AvgIpc) is 3.40. The van der Waals surface area contributed by atoms with Gasteiger partial charge in [-0.15, -0.1) is 11.3 Å². The molecule has 4 aromatic rings. The van der Waals surface area contributed by atoms with Crippen LogP contribution in [0.15, 0.2) is 53.9 Å². The first-order valence-corrected chi connectivity index (χ1v) is 12.7. The number of hydrogen-bond acceptors (Lipinski definition) is 7. The van der Waals surface area contributed by atoms with Crippen LogP contribution in [-0.4, -0.2) is 36.1 Å². The molecule has 34 heavy (non-hydrogen) atoms. The topological polar surface area (TPSA) is 65.1 Å². The van der Waals surface area contributed by atoms with Crippen molar-refractivity contribution in [1.29, 1.82) is 0 Å². The molecule has 6 nitrogen and oxygen atoms in total. The number of benzene rings is 2. The summed E-state index contributed by atoms with van der Waals surface area (Å²) in [5.74, 6) is 0.732. The Labute approximate surface area is 207 Å². The zero-order valence-corrected chi connectivity index (χ0v) is 20.4. The van der Waals surface area contributed by atoms with Gasteiger partial charge in [0.15, 0.2) is 0 Å². The minimum Gasteiger partial charge on any atom is -0.367 e. The Hall–Kier alpha value is -2.94. The van der Waals surface area contributed by atoms with Crippen molar-refractivity contribution in [2.45, 2.75) is 19.4 Å². The lowest BCUT2D eigenvalue weighted by Gasteiger charge is -2.30. The van der Waals surface area contributed by atoms with Gasteiger partial charge >= 0.3 is 0 Å². The third-order valence-corrected chi connectivity index (χ3v) is 7.22. The van der Waals surface area contributed by atoms with E-state index in [0.717, 1.165) is 55.0 Å². The molecule has 0 unspecified atom stereocenters. The van der Waals surface area contributed by atoms with E-state index in [1.54, 1.807) is 23.5 Å². The molecule has 3 heterocycles. The zero-order valence-electron chi connectivity index (χ0n) is 18.8. The molecule has 5 rings (SSSR count). The minimum atomic E-state index is -0.461. The Bertz CT molecular complexity index is 1280. The number of halogens is 2. The summed E-state index contributed by atoms with van der Waals surface area (Å²) in [7, 11) is 0. The summed E-state index contributed by atoms with van der Waals surface area (Å²) >= 11 is 7.73. The average molecular weight is 497 g/mol. The van der Waals surface area contributed by atoms with E-state index >= 15 is 0 Å². The van der Waals surface area contributed by atoms with Crippen LogP contribution >= 0.6 is 22.9 Å². The first-order chi connectivity index (χ1) is 16.6. The highest BCUT2D eigenvalue weighted by molar-refractivity contribution is 7.10. The standard InChI is InChI=1S/C25H26ClFN6S/c1-2-20(22-7-4-14-34-22)30-24-17-5-3-6-21(33-12-10-28-11-13-33)23(17)31-25(32-24)29-16-8-9-19(27)18(26)15-16/h3-9,14-15,20,28H,2,10-13H2,1H3,(H2,29,30,31,32)/t20-/m1/s1. The van der Waals surface area contributed by atoms with Crippen LogP contribution in [0.4, 0.5) is 27.5 Å². The van der Waals surface area contributed by atoms with E-state index in [1.165, 1.54) is 10.9 Å². The van der Waals surface area contributed by atoms with E-state index in [1.807, 2.05) is 0 Å². The van der Waals surface area contributed by atoms with Gasteiger partial charge in [-0.2, -0.15) is 4.98 Å². The molecule has 1 saturated heterocycles. The number of piperazine rings is 1. The van der Waals surface area contributed by atoms with Crippen LogP contribution in [0.2, 0.25) is 5.02 Å². The fraction of sp³-hybridized carbons (Fsp3) is 0.280. The molecular weight excluding hydrogens is 471 g/mol. The predicted octanol–water partition coefficient (Wildman–Crippen LogP) is 6.20. The Morgan fingerprint density at radius 1 is 1.15 bits per heavy atom. The van der Waals surface area contributed by atoms with E-state index in [2.05, 4.69) is 63.5 Å². The Morgan fingerprint density at radius 3 is 2.74 bits per heavy atom. The molecule has 0 amide bonds. The van der Waals surface area contributed by atoms with E-state index in [-0.39, 0.29) is 11.1 Å². The summed E-state index contributed by atoms with van der Waals surface area (Å²) in [6.45, 7) is 5.85. The molecule has 176 valence electrons. The molecule has 3 N–H and O–H groups in total. The summed E-state index contributed by atoms with van der Waals surface area (Å²) in [6, 6.07) is 15.1. The molecule has 2 aromatic carbocycles. The van der Waals surface area contributed by atoms with E-state index in [0.29, 0.717) is 11.6 Å².